The van der Waals surface area contributed by atoms with E-state index in [-0.39, 0.29) is 53.6 Å². The zero-order valence-electron chi connectivity index (χ0n) is 26.3. The molecule has 2 saturated heterocycles. The molecule has 0 bridgehead atoms. The number of cyclic esters (lactones) is 1. The summed E-state index contributed by atoms with van der Waals surface area (Å²) in [4.78, 5) is 25.1. The summed E-state index contributed by atoms with van der Waals surface area (Å²) in [5.41, 5.74) is -2.42. The average Bonchev–Trinajstić information content (AvgIpc) is 3.66. The largest absolute Gasteiger partial charge is 0.458 e. The highest BCUT2D eigenvalue weighted by molar-refractivity contribution is 5.85. The molecule has 244 valence electrons. The monoisotopic (exact) mass is 614 g/mol. The highest BCUT2D eigenvalue weighted by atomic mass is 16.8. The Hall–Kier alpha value is -1.36. The quantitative estimate of drug-likeness (QED) is 0.268. The molecule has 1 spiro atoms. The van der Waals surface area contributed by atoms with Crippen molar-refractivity contribution in [2.75, 3.05) is 6.61 Å². The number of aldehydes is 1. The van der Waals surface area contributed by atoms with Crippen molar-refractivity contribution < 1.29 is 43.5 Å². The second-order valence-electron chi connectivity index (χ2n) is 16.0. The number of hydrogen-bond donors (Lipinski definition) is 2. The Morgan fingerprint density at radius 2 is 1.75 bits per heavy atom. The van der Waals surface area contributed by atoms with Crippen LogP contribution in [0.1, 0.15) is 110 Å². The van der Waals surface area contributed by atoms with E-state index in [0.717, 1.165) is 56.8 Å². The third kappa shape index (κ3) is 4.18. The fourth-order valence-electron chi connectivity index (χ4n) is 11.9. The third-order valence-electron chi connectivity index (χ3n) is 14.1. The summed E-state index contributed by atoms with van der Waals surface area (Å²) >= 11 is 0. The molecule has 2 N–H and O–H groups in total. The van der Waals surface area contributed by atoms with Crippen LogP contribution < -0.4 is 0 Å². The van der Waals surface area contributed by atoms with Crippen molar-refractivity contribution in [1.29, 1.82) is 0 Å². The maximum Gasteiger partial charge on any atom is 0.331 e. The van der Waals surface area contributed by atoms with Crippen molar-refractivity contribution in [3.63, 3.8) is 0 Å². The van der Waals surface area contributed by atoms with E-state index in [1.54, 1.807) is 6.08 Å². The summed E-state index contributed by atoms with van der Waals surface area (Å²) in [6.07, 6.45) is 13.4. The molecule has 12 atom stereocenters. The molecule has 0 aromatic carbocycles. The van der Waals surface area contributed by atoms with Gasteiger partial charge in [-0.15, -0.1) is 0 Å². The van der Waals surface area contributed by atoms with Crippen molar-refractivity contribution in [3.8, 4) is 0 Å². The zero-order valence-corrected chi connectivity index (χ0v) is 26.3. The highest BCUT2D eigenvalue weighted by Crippen LogP contribution is 2.70. The number of ether oxygens (including phenoxy) is 5. The van der Waals surface area contributed by atoms with Crippen LogP contribution in [0.5, 0.6) is 0 Å². The zero-order chi connectivity index (χ0) is 30.5. The van der Waals surface area contributed by atoms with Gasteiger partial charge in [-0.05, 0) is 94.5 Å². The van der Waals surface area contributed by atoms with Gasteiger partial charge in [0.1, 0.15) is 19.0 Å². The molecule has 8 aliphatic rings. The molecule has 9 heteroatoms. The Morgan fingerprint density at radius 1 is 0.955 bits per heavy atom. The molecule has 3 heterocycles. The number of aliphatic hydroxyl groups is 2. The number of rotatable bonds is 4. The van der Waals surface area contributed by atoms with Gasteiger partial charge in [-0.2, -0.15) is 0 Å². The first kappa shape index (κ1) is 30.0. The maximum atomic E-state index is 13.2. The fraction of sp³-hybridized carbons (Fsp3) is 0.886. The van der Waals surface area contributed by atoms with Crippen LogP contribution in [0.2, 0.25) is 0 Å². The van der Waals surface area contributed by atoms with Gasteiger partial charge in [0.25, 0.3) is 0 Å². The standard InChI is InChI=1S/C35H50O9/c1-21-30-27(43-34(44-30)10-4-3-5-11-34)17-29(41-21)42-23-6-13-32(20-36)25-7-12-31(2)24(22-16-28(37)40-19-22)9-15-35(31,39)26(25)8-14-33(32,38)18-23/h16,20-21,23-27,29-30,38-39H,3-15,17-19H2,1-2H3/t21-,23+,24-,25+,26-,27-,29+,30+,31-,32+,33+,35+/m1/s1. The first-order valence-corrected chi connectivity index (χ1v) is 17.5. The van der Waals surface area contributed by atoms with Crippen molar-refractivity contribution in [2.24, 2.45) is 28.6 Å². The van der Waals surface area contributed by atoms with Crippen LogP contribution in [0, 0.1) is 28.6 Å². The number of hydrogen-bond acceptors (Lipinski definition) is 9. The predicted molar refractivity (Wildman–Crippen MR) is 157 cm³/mol. The fourth-order valence-corrected chi connectivity index (χ4v) is 11.9. The highest BCUT2D eigenvalue weighted by Gasteiger charge is 2.71. The minimum Gasteiger partial charge on any atom is -0.458 e. The Morgan fingerprint density at radius 3 is 2.50 bits per heavy atom. The van der Waals surface area contributed by atoms with Gasteiger partial charge in [0.2, 0.25) is 0 Å². The van der Waals surface area contributed by atoms with Gasteiger partial charge in [-0.3, -0.25) is 0 Å². The number of fused-ring (bicyclic) bond motifs is 6. The van der Waals surface area contributed by atoms with E-state index >= 15 is 0 Å². The minimum atomic E-state index is -1.18. The summed E-state index contributed by atoms with van der Waals surface area (Å²) in [7, 11) is 0. The van der Waals surface area contributed by atoms with Crippen molar-refractivity contribution in [1.82, 2.24) is 0 Å². The molecule has 9 nitrogen and oxygen atoms in total. The third-order valence-corrected chi connectivity index (χ3v) is 14.1. The minimum absolute atomic E-state index is 0.0600. The van der Waals surface area contributed by atoms with Crippen molar-refractivity contribution in [3.05, 3.63) is 11.6 Å². The number of carbonyl (C=O) groups is 2. The van der Waals surface area contributed by atoms with Gasteiger partial charge in [-0.1, -0.05) is 13.3 Å². The lowest BCUT2D eigenvalue weighted by molar-refractivity contribution is -0.278. The lowest BCUT2D eigenvalue weighted by Gasteiger charge is -2.65. The lowest BCUT2D eigenvalue weighted by Crippen LogP contribution is -2.69. The van der Waals surface area contributed by atoms with E-state index < -0.39 is 28.7 Å². The van der Waals surface area contributed by atoms with E-state index in [4.69, 9.17) is 23.7 Å². The second-order valence-corrected chi connectivity index (χ2v) is 16.0. The van der Waals surface area contributed by atoms with Crippen LogP contribution in [0.3, 0.4) is 0 Å². The summed E-state index contributed by atoms with van der Waals surface area (Å²) in [6, 6.07) is 0. The molecular formula is C35H50O9. The topological polar surface area (TPSA) is 121 Å². The predicted octanol–water partition coefficient (Wildman–Crippen LogP) is 4.50. The molecule has 44 heavy (non-hydrogen) atoms. The number of carbonyl (C=O) groups excluding carboxylic acids is 2. The molecule has 5 saturated carbocycles. The Balaban J connectivity index is 0.971. The first-order valence-electron chi connectivity index (χ1n) is 17.5. The molecular weight excluding hydrogens is 564 g/mol. The molecule has 7 fully saturated rings. The average molecular weight is 615 g/mol. The van der Waals surface area contributed by atoms with E-state index in [1.165, 1.54) is 6.42 Å². The first-order chi connectivity index (χ1) is 21.0. The summed E-state index contributed by atoms with van der Waals surface area (Å²) < 4.78 is 31.2. The van der Waals surface area contributed by atoms with E-state index in [2.05, 4.69) is 6.92 Å². The Kier molecular flexibility index (Phi) is 7.04. The smallest absolute Gasteiger partial charge is 0.331 e. The summed E-state index contributed by atoms with van der Waals surface area (Å²) in [6.45, 7) is 4.52. The van der Waals surface area contributed by atoms with E-state index in [9.17, 15) is 19.8 Å². The molecule has 0 aromatic rings. The van der Waals surface area contributed by atoms with Crippen LogP contribution in [-0.4, -0.2) is 76.8 Å². The van der Waals surface area contributed by atoms with E-state index in [0.29, 0.717) is 51.6 Å². The van der Waals surface area contributed by atoms with Gasteiger partial charge < -0.3 is 38.7 Å². The molecule has 8 rings (SSSR count). The van der Waals surface area contributed by atoms with Crippen LogP contribution >= 0.6 is 0 Å². The van der Waals surface area contributed by atoms with Crippen molar-refractivity contribution in [2.45, 2.75) is 158 Å². The SMILES string of the molecule is C[C@H]1O[C@@H](O[C@H]2CC[C@]3(C=O)[C@H]4CC[C@]5(C)[C@@H](C6=CC(=O)OC6)CC[C@]5(O)[C@@H]4CC[C@]3(O)C2)C[C@H]2OC3(CCCCC3)O[C@@H]12. The molecule has 0 unspecified atom stereocenters. The number of esters is 1. The van der Waals surface area contributed by atoms with Gasteiger partial charge in [0.15, 0.2) is 12.1 Å². The molecule has 3 aliphatic heterocycles. The van der Waals surface area contributed by atoms with E-state index in [1.807, 2.05) is 6.92 Å². The molecule has 0 amide bonds. The van der Waals surface area contributed by atoms with Gasteiger partial charge in [-0.25, -0.2) is 4.79 Å². The normalized spacial score (nSPS) is 52.8. The molecule has 0 radical (unpaired) electrons. The Labute approximate surface area is 260 Å². The van der Waals surface area contributed by atoms with Crippen molar-refractivity contribution >= 4 is 12.3 Å². The van der Waals surface area contributed by atoms with Crippen LogP contribution in [0.4, 0.5) is 0 Å². The molecule has 5 aliphatic carbocycles. The van der Waals surface area contributed by atoms with Crippen LogP contribution in [0.15, 0.2) is 11.6 Å². The lowest BCUT2D eigenvalue weighted by atomic mass is 9.41. The van der Waals surface area contributed by atoms with Gasteiger partial charge in [0, 0.05) is 37.2 Å². The summed E-state index contributed by atoms with van der Waals surface area (Å²) in [5.74, 6) is -0.828. The van der Waals surface area contributed by atoms with Gasteiger partial charge in [0.05, 0.1) is 34.9 Å². The van der Waals surface area contributed by atoms with Gasteiger partial charge >= 0.3 is 5.97 Å². The van der Waals surface area contributed by atoms with Crippen LogP contribution in [0.25, 0.3) is 0 Å². The Bertz CT molecular complexity index is 1210. The maximum absolute atomic E-state index is 13.2. The summed E-state index contributed by atoms with van der Waals surface area (Å²) in [5, 5.41) is 24.8. The second kappa shape index (κ2) is 10.3. The van der Waals surface area contributed by atoms with Crippen LogP contribution in [-0.2, 0) is 33.3 Å². The molecule has 0 aromatic heterocycles.